The van der Waals surface area contributed by atoms with Crippen LogP contribution < -0.4 is 4.90 Å². The third kappa shape index (κ3) is 2.93. The number of halogens is 1. The van der Waals surface area contributed by atoms with Gasteiger partial charge in [-0.15, -0.1) is 0 Å². The van der Waals surface area contributed by atoms with Gasteiger partial charge < -0.3 is 4.90 Å². The predicted octanol–water partition coefficient (Wildman–Crippen LogP) is 1.27. The van der Waals surface area contributed by atoms with Gasteiger partial charge in [-0.3, -0.25) is 4.90 Å². The van der Waals surface area contributed by atoms with Crippen LogP contribution in [0.15, 0.2) is 16.9 Å². The van der Waals surface area contributed by atoms with Gasteiger partial charge in [0.1, 0.15) is 0 Å². The van der Waals surface area contributed by atoms with Crippen molar-refractivity contribution in [3.05, 3.63) is 16.9 Å². The average Bonchev–Trinajstić information content (AvgIpc) is 2.39. The quantitative estimate of drug-likeness (QED) is 0.822. The maximum absolute atomic E-state index is 8.87. The van der Waals surface area contributed by atoms with Gasteiger partial charge in [0.15, 0.2) is 0 Å². The van der Waals surface area contributed by atoms with Crippen molar-refractivity contribution in [2.45, 2.75) is 13.0 Å². The van der Waals surface area contributed by atoms with E-state index < -0.39 is 0 Å². The van der Waals surface area contributed by atoms with Gasteiger partial charge in [-0.25, -0.2) is 9.97 Å². The number of hydrogen-bond donors (Lipinski definition) is 0. The molecule has 1 unspecified atom stereocenters. The molecule has 0 aliphatic carbocycles. The molecule has 0 saturated carbocycles. The summed E-state index contributed by atoms with van der Waals surface area (Å²) in [6.45, 7) is 5.44. The second-order valence-corrected chi connectivity index (χ2v) is 4.95. The highest BCUT2D eigenvalue weighted by molar-refractivity contribution is 9.10. The second-order valence-electron chi connectivity index (χ2n) is 4.03. The van der Waals surface area contributed by atoms with E-state index in [9.17, 15) is 0 Å². The summed E-state index contributed by atoms with van der Waals surface area (Å²) in [7, 11) is 0. The average molecular weight is 296 g/mol. The number of hydrogen-bond acceptors (Lipinski definition) is 5. The van der Waals surface area contributed by atoms with Crippen LogP contribution in [0.1, 0.15) is 6.92 Å². The van der Waals surface area contributed by atoms with Gasteiger partial charge in [0.05, 0.1) is 16.6 Å². The summed E-state index contributed by atoms with van der Waals surface area (Å²) in [4.78, 5) is 12.9. The number of aromatic nitrogens is 2. The molecule has 1 aliphatic heterocycles. The summed E-state index contributed by atoms with van der Waals surface area (Å²) >= 11 is 3.32. The Balaban J connectivity index is 1.95. The standard InChI is InChI=1S/C11H14BrN5/c1-9(6-13)16-2-4-17(5-3-16)11-14-7-10(12)8-15-11/h7-9H,2-5H2,1H3. The van der Waals surface area contributed by atoms with E-state index in [4.69, 9.17) is 5.26 Å². The molecule has 1 fully saturated rings. The number of anilines is 1. The smallest absolute Gasteiger partial charge is 0.225 e. The molecule has 0 spiro atoms. The van der Waals surface area contributed by atoms with Gasteiger partial charge in [-0.2, -0.15) is 5.26 Å². The van der Waals surface area contributed by atoms with Gasteiger partial charge in [-0.05, 0) is 22.9 Å². The Morgan fingerprint density at radius 3 is 2.41 bits per heavy atom. The largest absolute Gasteiger partial charge is 0.338 e. The van der Waals surface area contributed by atoms with Crippen molar-refractivity contribution in [1.82, 2.24) is 14.9 Å². The SMILES string of the molecule is CC(C#N)N1CCN(c2ncc(Br)cn2)CC1. The van der Waals surface area contributed by atoms with E-state index in [0.29, 0.717) is 0 Å². The van der Waals surface area contributed by atoms with Crippen molar-refractivity contribution in [3.63, 3.8) is 0 Å². The molecule has 1 aliphatic rings. The minimum Gasteiger partial charge on any atom is -0.338 e. The third-order valence-electron chi connectivity index (χ3n) is 2.94. The van der Waals surface area contributed by atoms with Crippen LogP contribution in [0.2, 0.25) is 0 Å². The van der Waals surface area contributed by atoms with Crippen LogP contribution in [0.5, 0.6) is 0 Å². The molecule has 6 heteroatoms. The van der Waals surface area contributed by atoms with Crippen LogP contribution in [-0.4, -0.2) is 47.1 Å². The molecule has 2 rings (SSSR count). The van der Waals surface area contributed by atoms with E-state index in [2.05, 4.69) is 41.8 Å². The zero-order valence-electron chi connectivity index (χ0n) is 9.67. The molecule has 1 saturated heterocycles. The zero-order valence-corrected chi connectivity index (χ0v) is 11.3. The molecule has 5 nitrogen and oxygen atoms in total. The Hall–Kier alpha value is -1.19. The van der Waals surface area contributed by atoms with E-state index in [0.717, 1.165) is 36.6 Å². The number of nitriles is 1. The highest BCUT2D eigenvalue weighted by Crippen LogP contribution is 2.14. The van der Waals surface area contributed by atoms with Crippen LogP contribution in [0.4, 0.5) is 5.95 Å². The lowest BCUT2D eigenvalue weighted by atomic mass is 10.2. The lowest BCUT2D eigenvalue weighted by molar-refractivity contribution is 0.230. The van der Waals surface area contributed by atoms with Crippen LogP contribution in [0.3, 0.4) is 0 Å². The van der Waals surface area contributed by atoms with E-state index in [-0.39, 0.29) is 6.04 Å². The van der Waals surface area contributed by atoms with Crippen molar-refractivity contribution in [2.75, 3.05) is 31.1 Å². The molecule has 0 bridgehead atoms. The molecular formula is C11H14BrN5. The Kier molecular flexibility index (Phi) is 3.92. The molecular weight excluding hydrogens is 282 g/mol. The molecule has 0 radical (unpaired) electrons. The normalized spacial score (nSPS) is 18.8. The van der Waals surface area contributed by atoms with E-state index in [1.165, 1.54) is 0 Å². The first-order valence-electron chi connectivity index (χ1n) is 5.57. The fourth-order valence-electron chi connectivity index (χ4n) is 1.86. The van der Waals surface area contributed by atoms with Crippen molar-refractivity contribution in [3.8, 4) is 6.07 Å². The lowest BCUT2D eigenvalue weighted by Gasteiger charge is -2.35. The Morgan fingerprint density at radius 1 is 1.29 bits per heavy atom. The summed E-state index contributed by atoms with van der Waals surface area (Å²) in [6.07, 6.45) is 3.51. The van der Waals surface area contributed by atoms with Crippen LogP contribution in [-0.2, 0) is 0 Å². The molecule has 17 heavy (non-hydrogen) atoms. The molecule has 90 valence electrons. The molecule has 1 aromatic rings. The molecule has 0 amide bonds. The van der Waals surface area contributed by atoms with Crippen LogP contribution >= 0.6 is 15.9 Å². The first-order valence-corrected chi connectivity index (χ1v) is 6.36. The summed E-state index contributed by atoms with van der Waals surface area (Å²) < 4.78 is 0.887. The van der Waals surface area contributed by atoms with Gasteiger partial charge in [0.2, 0.25) is 5.95 Å². The van der Waals surface area contributed by atoms with Gasteiger partial charge in [0, 0.05) is 38.6 Å². The molecule has 1 atom stereocenters. The van der Waals surface area contributed by atoms with Gasteiger partial charge in [0.25, 0.3) is 0 Å². The van der Waals surface area contributed by atoms with Crippen molar-refractivity contribution in [2.24, 2.45) is 0 Å². The minimum atomic E-state index is -0.0111. The maximum Gasteiger partial charge on any atom is 0.225 e. The van der Waals surface area contributed by atoms with Gasteiger partial charge in [-0.1, -0.05) is 0 Å². The third-order valence-corrected chi connectivity index (χ3v) is 3.35. The molecule has 0 N–H and O–H groups in total. The van der Waals surface area contributed by atoms with Crippen molar-refractivity contribution < 1.29 is 0 Å². The van der Waals surface area contributed by atoms with Crippen molar-refractivity contribution in [1.29, 1.82) is 5.26 Å². The predicted molar refractivity (Wildman–Crippen MR) is 68.6 cm³/mol. The molecule has 1 aromatic heterocycles. The van der Waals surface area contributed by atoms with Crippen molar-refractivity contribution >= 4 is 21.9 Å². The van der Waals surface area contributed by atoms with E-state index >= 15 is 0 Å². The first-order chi connectivity index (χ1) is 8.20. The highest BCUT2D eigenvalue weighted by Gasteiger charge is 2.21. The number of piperazine rings is 1. The number of rotatable bonds is 2. The maximum atomic E-state index is 8.87. The Bertz CT molecular complexity index is 405. The first kappa shape index (κ1) is 12.3. The summed E-state index contributed by atoms with van der Waals surface area (Å²) in [5, 5.41) is 8.87. The minimum absolute atomic E-state index is 0.0111. The fourth-order valence-corrected chi connectivity index (χ4v) is 2.06. The zero-order chi connectivity index (χ0) is 12.3. The lowest BCUT2D eigenvalue weighted by Crippen LogP contribution is -2.49. The fraction of sp³-hybridized carbons (Fsp3) is 0.545. The Labute approximate surface area is 109 Å². The topological polar surface area (TPSA) is 56.1 Å². The van der Waals surface area contributed by atoms with Crippen LogP contribution in [0.25, 0.3) is 0 Å². The summed E-state index contributed by atoms with van der Waals surface area (Å²) in [5.41, 5.74) is 0. The molecule has 0 aromatic carbocycles. The van der Waals surface area contributed by atoms with Gasteiger partial charge >= 0.3 is 0 Å². The summed E-state index contributed by atoms with van der Waals surface area (Å²) in [5.74, 6) is 0.762. The summed E-state index contributed by atoms with van der Waals surface area (Å²) in [6, 6.07) is 2.26. The second kappa shape index (κ2) is 5.43. The Morgan fingerprint density at radius 2 is 1.88 bits per heavy atom. The monoisotopic (exact) mass is 295 g/mol. The van der Waals surface area contributed by atoms with E-state index in [1.54, 1.807) is 12.4 Å². The molecule has 2 heterocycles. The van der Waals surface area contributed by atoms with E-state index in [1.807, 2.05) is 6.92 Å². The number of nitrogens with zero attached hydrogens (tertiary/aromatic N) is 5. The highest BCUT2D eigenvalue weighted by atomic mass is 79.9. The van der Waals surface area contributed by atoms with Crippen LogP contribution in [0, 0.1) is 11.3 Å².